The third-order valence-corrected chi connectivity index (χ3v) is 3.19. The zero-order valence-corrected chi connectivity index (χ0v) is 12.7. The minimum absolute atomic E-state index is 0.181. The molecule has 0 aliphatic carbocycles. The molecular weight excluding hydrogens is 368 g/mol. The van der Waals surface area contributed by atoms with Crippen LogP contribution in [0.5, 0.6) is 0 Å². The van der Waals surface area contributed by atoms with E-state index in [-0.39, 0.29) is 6.61 Å². The van der Waals surface area contributed by atoms with Crippen LogP contribution in [0, 0.1) is 0 Å². The van der Waals surface area contributed by atoms with Crippen LogP contribution in [0.25, 0.3) is 0 Å². The average Bonchev–Trinajstić information content (AvgIpc) is 2.33. The van der Waals surface area contributed by atoms with Crippen molar-refractivity contribution in [3.63, 3.8) is 0 Å². The second-order valence-electron chi connectivity index (χ2n) is 3.34. The molecule has 1 unspecified atom stereocenters. The molecule has 0 aliphatic rings. The summed E-state index contributed by atoms with van der Waals surface area (Å²) in [5.41, 5.74) is 5.99. The van der Waals surface area contributed by atoms with Gasteiger partial charge in [0.1, 0.15) is 0 Å². The third-order valence-electron chi connectivity index (χ3n) is 2.01. The van der Waals surface area contributed by atoms with Crippen LogP contribution in [0.4, 0.5) is 5.69 Å². The lowest BCUT2D eigenvalue weighted by atomic mass is 10.2. The van der Waals surface area contributed by atoms with E-state index in [4.69, 9.17) is 5.73 Å². The predicted octanol–water partition coefficient (Wildman–Crippen LogP) is 2.04. The number of carbonyl (C=O) groups is 2. The Morgan fingerprint density at radius 1 is 1.44 bits per heavy atom. The van der Waals surface area contributed by atoms with Gasteiger partial charge in [-0.2, -0.15) is 0 Å². The van der Waals surface area contributed by atoms with E-state index in [1.807, 2.05) is 6.07 Å². The Hall–Kier alpha value is -0.920. The topological polar surface area (TPSA) is 81.4 Å². The van der Waals surface area contributed by atoms with Gasteiger partial charge in [-0.3, -0.25) is 4.79 Å². The SMILES string of the molecule is CCOC(=O)C(N)C(=O)Nc1cc(Br)ccc1Br. The first-order valence-corrected chi connectivity index (χ1v) is 6.72. The molecule has 0 radical (unpaired) electrons. The number of nitrogens with two attached hydrogens (primary N) is 1. The van der Waals surface area contributed by atoms with Crippen molar-refractivity contribution in [2.45, 2.75) is 13.0 Å². The lowest BCUT2D eigenvalue weighted by Gasteiger charge is -2.12. The number of anilines is 1. The van der Waals surface area contributed by atoms with Crippen molar-refractivity contribution in [1.29, 1.82) is 0 Å². The van der Waals surface area contributed by atoms with Crippen molar-refractivity contribution >= 4 is 49.4 Å². The Balaban J connectivity index is 2.75. The number of hydrogen-bond acceptors (Lipinski definition) is 4. The lowest BCUT2D eigenvalue weighted by Crippen LogP contribution is -2.43. The normalized spacial score (nSPS) is 11.8. The highest BCUT2D eigenvalue weighted by Gasteiger charge is 2.23. The van der Waals surface area contributed by atoms with Crippen LogP contribution in [0.1, 0.15) is 6.92 Å². The number of benzene rings is 1. The molecule has 1 atom stereocenters. The molecule has 0 saturated heterocycles. The molecule has 0 aliphatic heterocycles. The summed E-state index contributed by atoms with van der Waals surface area (Å²) in [6.07, 6.45) is 0. The summed E-state index contributed by atoms with van der Waals surface area (Å²) >= 11 is 6.57. The molecule has 1 aromatic rings. The number of rotatable bonds is 4. The first-order chi connectivity index (χ1) is 8.45. The molecule has 98 valence electrons. The molecule has 0 saturated carbocycles. The molecule has 0 aromatic heterocycles. The average molecular weight is 380 g/mol. The summed E-state index contributed by atoms with van der Waals surface area (Å²) in [5, 5.41) is 2.55. The number of hydrogen-bond donors (Lipinski definition) is 2. The highest BCUT2D eigenvalue weighted by atomic mass is 79.9. The van der Waals surface area contributed by atoms with E-state index in [2.05, 4.69) is 41.9 Å². The van der Waals surface area contributed by atoms with Crippen molar-refractivity contribution < 1.29 is 14.3 Å². The Labute approximate surface area is 121 Å². The van der Waals surface area contributed by atoms with Gasteiger partial charge in [-0.25, -0.2) is 4.79 Å². The van der Waals surface area contributed by atoms with Crippen molar-refractivity contribution in [2.75, 3.05) is 11.9 Å². The molecule has 0 heterocycles. The van der Waals surface area contributed by atoms with Crippen LogP contribution in [0.15, 0.2) is 27.1 Å². The van der Waals surface area contributed by atoms with Gasteiger partial charge in [-0.1, -0.05) is 15.9 Å². The lowest BCUT2D eigenvalue weighted by molar-refractivity contribution is -0.146. The maximum Gasteiger partial charge on any atom is 0.332 e. The summed E-state index contributed by atoms with van der Waals surface area (Å²) in [5.74, 6) is -1.37. The second-order valence-corrected chi connectivity index (χ2v) is 5.11. The molecule has 3 N–H and O–H groups in total. The van der Waals surface area contributed by atoms with Crippen LogP contribution in [0.2, 0.25) is 0 Å². The fourth-order valence-corrected chi connectivity index (χ4v) is 1.85. The van der Waals surface area contributed by atoms with Crippen LogP contribution in [-0.4, -0.2) is 24.5 Å². The van der Waals surface area contributed by atoms with E-state index in [0.717, 1.165) is 4.47 Å². The van der Waals surface area contributed by atoms with Gasteiger partial charge in [-0.15, -0.1) is 0 Å². The summed E-state index contributed by atoms with van der Waals surface area (Å²) in [7, 11) is 0. The van der Waals surface area contributed by atoms with Crippen LogP contribution in [-0.2, 0) is 14.3 Å². The maximum absolute atomic E-state index is 11.7. The molecule has 0 fully saturated rings. The number of nitrogens with one attached hydrogen (secondary N) is 1. The van der Waals surface area contributed by atoms with Crippen LogP contribution >= 0.6 is 31.9 Å². The van der Waals surface area contributed by atoms with Crippen molar-refractivity contribution in [1.82, 2.24) is 0 Å². The zero-order valence-electron chi connectivity index (χ0n) is 9.57. The van der Waals surface area contributed by atoms with Crippen molar-refractivity contribution in [3.05, 3.63) is 27.1 Å². The molecule has 1 rings (SSSR count). The van der Waals surface area contributed by atoms with Crippen molar-refractivity contribution in [3.8, 4) is 0 Å². The number of amides is 1. The van der Waals surface area contributed by atoms with Crippen LogP contribution < -0.4 is 11.1 Å². The molecule has 1 amide bonds. The quantitative estimate of drug-likeness (QED) is 0.619. The maximum atomic E-state index is 11.7. The second kappa shape index (κ2) is 6.86. The van der Waals surface area contributed by atoms with E-state index in [1.165, 1.54) is 0 Å². The summed E-state index contributed by atoms with van der Waals surface area (Å²) in [4.78, 5) is 23.0. The van der Waals surface area contributed by atoms with Gasteiger partial charge in [-0.05, 0) is 41.1 Å². The van der Waals surface area contributed by atoms with Crippen LogP contribution in [0.3, 0.4) is 0 Å². The van der Waals surface area contributed by atoms with E-state index in [0.29, 0.717) is 10.2 Å². The molecule has 18 heavy (non-hydrogen) atoms. The summed E-state index contributed by atoms with van der Waals surface area (Å²) < 4.78 is 6.16. The smallest absolute Gasteiger partial charge is 0.332 e. The largest absolute Gasteiger partial charge is 0.464 e. The standard InChI is InChI=1S/C11H12Br2N2O3/c1-2-18-11(17)9(14)10(16)15-8-5-6(12)3-4-7(8)13/h3-5,9H,2,14H2,1H3,(H,15,16). The van der Waals surface area contributed by atoms with Gasteiger partial charge in [0.25, 0.3) is 5.91 Å². The summed E-state index contributed by atoms with van der Waals surface area (Å²) in [6, 6.07) is 3.93. The highest BCUT2D eigenvalue weighted by molar-refractivity contribution is 9.11. The van der Waals surface area contributed by atoms with E-state index >= 15 is 0 Å². The van der Waals surface area contributed by atoms with Gasteiger partial charge in [0.05, 0.1) is 12.3 Å². The Bertz CT molecular complexity index is 466. The van der Waals surface area contributed by atoms with Gasteiger partial charge in [0.15, 0.2) is 6.04 Å². The minimum atomic E-state index is -1.34. The Kier molecular flexibility index (Phi) is 5.77. The Morgan fingerprint density at radius 2 is 2.11 bits per heavy atom. The first-order valence-electron chi connectivity index (χ1n) is 5.13. The number of halogens is 2. The molecule has 0 bridgehead atoms. The van der Waals surface area contributed by atoms with Gasteiger partial charge < -0.3 is 15.8 Å². The predicted molar refractivity (Wildman–Crippen MR) is 75.1 cm³/mol. The minimum Gasteiger partial charge on any atom is -0.464 e. The number of ether oxygens (including phenoxy) is 1. The summed E-state index contributed by atoms with van der Waals surface area (Å²) in [6.45, 7) is 1.83. The molecule has 1 aromatic carbocycles. The van der Waals surface area contributed by atoms with Gasteiger partial charge in [0, 0.05) is 8.95 Å². The first kappa shape index (κ1) is 15.1. The molecular formula is C11H12Br2N2O3. The highest BCUT2D eigenvalue weighted by Crippen LogP contribution is 2.26. The third kappa shape index (κ3) is 4.08. The number of carbonyl (C=O) groups excluding carboxylic acids is 2. The van der Waals surface area contributed by atoms with Gasteiger partial charge >= 0.3 is 5.97 Å². The van der Waals surface area contributed by atoms with E-state index in [1.54, 1.807) is 19.1 Å². The van der Waals surface area contributed by atoms with Crippen molar-refractivity contribution in [2.24, 2.45) is 5.73 Å². The zero-order chi connectivity index (χ0) is 13.7. The van der Waals surface area contributed by atoms with Gasteiger partial charge in [0.2, 0.25) is 0 Å². The Morgan fingerprint density at radius 3 is 2.72 bits per heavy atom. The molecule has 7 heteroatoms. The fourth-order valence-electron chi connectivity index (χ4n) is 1.14. The monoisotopic (exact) mass is 378 g/mol. The van der Waals surface area contributed by atoms with E-state index < -0.39 is 17.9 Å². The number of esters is 1. The fraction of sp³-hybridized carbons (Fsp3) is 0.273. The molecule has 5 nitrogen and oxygen atoms in total. The van der Waals surface area contributed by atoms with E-state index in [9.17, 15) is 9.59 Å². The molecule has 0 spiro atoms.